The number of methoxy groups -OCH3 is 7. The zero-order valence-corrected chi connectivity index (χ0v) is 51.9. The predicted octanol–water partition coefficient (Wildman–Crippen LogP) is 12.1. The fourth-order valence-corrected chi connectivity index (χ4v) is 13.7. The molecule has 3 N–H and O–H groups in total. The molecule has 5 aromatic carbocycles. The molecule has 0 amide bonds. The molecule has 9 rings (SSSR count). The maximum Gasteiger partial charge on any atom is 0.340 e. The molecule has 4 heterocycles. The maximum atomic E-state index is 13.4. The third-order valence-electron chi connectivity index (χ3n) is 12.1. The van der Waals surface area contributed by atoms with Crippen molar-refractivity contribution in [1.29, 1.82) is 0 Å². The lowest BCUT2D eigenvalue weighted by Crippen LogP contribution is -2.31. The molecule has 446 valence electrons. The van der Waals surface area contributed by atoms with Crippen LogP contribution in [0.2, 0.25) is 0 Å². The number of rotatable bonds is 20. The first-order chi connectivity index (χ1) is 40.9. The first kappa shape index (κ1) is 65.4. The van der Waals surface area contributed by atoms with Crippen LogP contribution in [-0.4, -0.2) is 90.5 Å². The van der Waals surface area contributed by atoms with Crippen LogP contribution >= 0.6 is 45.3 Å². The average molecular weight is 1270 g/mol. The van der Waals surface area contributed by atoms with E-state index in [1.807, 2.05) is 90.3 Å². The molecular weight excluding hydrogens is 1210 g/mol. The number of nitrogens with one attached hydrogen (secondary N) is 1. The number of nitrogens with zero attached hydrogens (tertiary/aromatic N) is 2. The number of sulfonamides is 2. The van der Waals surface area contributed by atoms with Gasteiger partial charge in [-0.2, -0.15) is 0 Å². The first-order valence-corrected chi connectivity index (χ1v) is 31.7. The van der Waals surface area contributed by atoms with Crippen LogP contribution in [0.4, 0.5) is 22.7 Å². The van der Waals surface area contributed by atoms with Gasteiger partial charge in [-0.25, -0.2) is 36.0 Å². The Morgan fingerprint density at radius 3 is 1.13 bits per heavy atom. The number of benzene rings is 5. The number of esters is 4. The van der Waals surface area contributed by atoms with Gasteiger partial charge in [0.2, 0.25) is 0 Å². The highest BCUT2D eigenvalue weighted by Gasteiger charge is 2.32. The zero-order chi connectivity index (χ0) is 61.5. The van der Waals surface area contributed by atoms with Gasteiger partial charge in [0.25, 0.3) is 20.0 Å². The summed E-state index contributed by atoms with van der Waals surface area (Å²) in [5.41, 5.74) is 11.4. The van der Waals surface area contributed by atoms with Crippen molar-refractivity contribution in [2.24, 2.45) is 0 Å². The molecule has 0 saturated carbocycles. The van der Waals surface area contributed by atoms with E-state index >= 15 is 0 Å². The molecule has 0 aliphatic rings. The van der Waals surface area contributed by atoms with Gasteiger partial charge >= 0.3 is 23.9 Å². The number of carbonyl (C=O) groups excluding carboxylic acids is 4. The Balaban J connectivity index is 0.000000191. The smallest absolute Gasteiger partial charge is 0.340 e. The van der Waals surface area contributed by atoms with Crippen molar-refractivity contribution >= 4 is 112 Å². The van der Waals surface area contributed by atoms with Crippen LogP contribution in [-0.2, 0) is 58.6 Å². The van der Waals surface area contributed by atoms with E-state index in [1.165, 1.54) is 121 Å². The highest BCUT2D eigenvalue weighted by molar-refractivity contribution is 7.93. The Bertz CT molecular complexity index is 3640. The van der Waals surface area contributed by atoms with Crippen molar-refractivity contribution in [3.63, 3.8) is 0 Å². The minimum absolute atomic E-state index is 0.0793. The highest BCUT2D eigenvalue weighted by Crippen LogP contribution is 2.35. The monoisotopic (exact) mass is 1270 g/mol. The second-order valence-electron chi connectivity index (χ2n) is 17.3. The lowest BCUT2D eigenvalue weighted by Gasteiger charge is -2.24. The second kappa shape index (κ2) is 31.8. The molecule has 0 spiro atoms. The summed E-state index contributed by atoms with van der Waals surface area (Å²) >= 11 is 5.33. The summed E-state index contributed by atoms with van der Waals surface area (Å²) in [6.07, 6.45) is 0. The summed E-state index contributed by atoms with van der Waals surface area (Å²) in [6, 6.07) is 38.4. The maximum absolute atomic E-state index is 13.4. The number of carbonyl (C=O) groups is 4. The van der Waals surface area contributed by atoms with Crippen LogP contribution in [0.5, 0.6) is 17.2 Å². The molecule has 25 heteroatoms. The van der Waals surface area contributed by atoms with Gasteiger partial charge < -0.3 is 44.2 Å². The van der Waals surface area contributed by atoms with Crippen LogP contribution < -0.4 is 33.9 Å². The largest absolute Gasteiger partial charge is 0.497 e. The van der Waals surface area contributed by atoms with Crippen LogP contribution in [0.25, 0.3) is 0 Å². The number of thiophene rings is 4. The van der Waals surface area contributed by atoms with E-state index in [0.717, 1.165) is 28.1 Å². The molecule has 4 aromatic heterocycles. The van der Waals surface area contributed by atoms with Crippen molar-refractivity contribution < 1.29 is 69.2 Å². The van der Waals surface area contributed by atoms with Crippen molar-refractivity contribution in [3.8, 4) is 17.2 Å². The number of ether oxygens (including phenoxy) is 7. The Labute approximate surface area is 509 Å². The Morgan fingerprint density at radius 2 is 0.753 bits per heavy atom. The molecule has 19 nitrogen and oxygen atoms in total. The molecule has 85 heavy (non-hydrogen) atoms. The normalized spacial score (nSPS) is 10.6. The fourth-order valence-electron chi connectivity index (χ4n) is 7.57. The van der Waals surface area contributed by atoms with Crippen LogP contribution in [0.1, 0.15) is 58.1 Å². The van der Waals surface area contributed by atoms with Gasteiger partial charge in [0, 0.05) is 49.6 Å². The Morgan fingerprint density at radius 1 is 0.412 bits per heavy atom. The standard InChI is InChI=1S/2C20H19NO5S2.C14H15NO3S.C6H7NO2S/c2*1-25-16-8-10-17(11-9-16)28(23,24)21(12-15-6-4-3-5-7-15)19-14-27-13-18(19)20(22)26-2;1-17-11-5-3-10(4-6-11)7-15-13-9-19-8-12(13)14(16)18-2;1-9-6(8)4-2-10-3-5(4)7/h2*3-11,13-14H,12H2,1-2H3;3-6,8-9,15H,7H2,1-2H3;2-3H,7H2,1H3. The topological polar surface area (TPSA) is 246 Å². The van der Waals surface area contributed by atoms with Crippen molar-refractivity contribution in [2.45, 2.75) is 29.4 Å². The van der Waals surface area contributed by atoms with Crippen LogP contribution in [0, 0.1) is 0 Å². The molecule has 0 unspecified atom stereocenters. The highest BCUT2D eigenvalue weighted by atomic mass is 32.2. The SMILES string of the molecule is COC(=O)c1cscc1N.COC(=O)c1cscc1N(Cc1ccccc1)S(=O)(=O)c1ccc(OC)cc1.COC(=O)c1cscc1N(Cc1ccccc1)S(=O)(=O)c1ccc(OC)cc1.COC(=O)c1cscc1NCc1ccc(OC)cc1. The lowest BCUT2D eigenvalue weighted by molar-refractivity contribution is 0.0593. The molecule has 0 atom stereocenters. The number of hydrogen-bond donors (Lipinski definition) is 2. The summed E-state index contributed by atoms with van der Waals surface area (Å²) in [5.74, 6) is 0.0731. The van der Waals surface area contributed by atoms with E-state index in [9.17, 15) is 36.0 Å². The van der Waals surface area contributed by atoms with Gasteiger partial charge in [-0.3, -0.25) is 8.61 Å². The zero-order valence-electron chi connectivity index (χ0n) is 47.0. The molecule has 9 aromatic rings. The van der Waals surface area contributed by atoms with E-state index in [4.69, 9.17) is 34.2 Å². The number of nitrogen functional groups attached to an aromatic ring is 1. The molecule has 0 bridgehead atoms. The van der Waals surface area contributed by atoms with E-state index in [0.29, 0.717) is 34.9 Å². The van der Waals surface area contributed by atoms with Crippen molar-refractivity contribution in [3.05, 3.63) is 215 Å². The fraction of sp³-hybridized carbons (Fsp3) is 0.167. The van der Waals surface area contributed by atoms with Gasteiger partial charge in [0.05, 0.1) is 118 Å². The van der Waals surface area contributed by atoms with Crippen LogP contribution in [0.15, 0.2) is 186 Å². The van der Waals surface area contributed by atoms with E-state index in [1.54, 1.807) is 69.0 Å². The van der Waals surface area contributed by atoms with Gasteiger partial charge in [-0.15, -0.1) is 45.3 Å². The van der Waals surface area contributed by atoms with Gasteiger partial charge in [0.15, 0.2) is 0 Å². The number of nitrogens with two attached hydrogens (primary N) is 1. The predicted molar refractivity (Wildman–Crippen MR) is 333 cm³/mol. The molecular formula is C60H60N4O15S6. The molecule has 0 fully saturated rings. The Kier molecular flexibility index (Phi) is 24.5. The second-order valence-corrected chi connectivity index (χ2v) is 24.0. The van der Waals surface area contributed by atoms with Gasteiger partial charge in [-0.05, 0) is 77.4 Å². The van der Waals surface area contributed by atoms with Crippen molar-refractivity contribution in [1.82, 2.24) is 0 Å². The summed E-state index contributed by atoms with van der Waals surface area (Å²) in [4.78, 5) is 46.8. The quantitative estimate of drug-likeness (QED) is 0.0532. The summed E-state index contributed by atoms with van der Waals surface area (Å²) in [7, 11) is 2.05. The molecule has 0 aliphatic carbocycles. The molecule has 0 radical (unpaired) electrons. The number of anilines is 4. The Hall–Kier alpha value is -8.72. The lowest BCUT2D eigenvalue weighted by atomic mass is 10.2. The first-order valence-electron chi connectivity index (χ1n) is 25.1. The van der Waals surface area contributed by atoms with Gasteiger partial charge in [0.1, 0.15) is 17.2 Å². The third-order valence-corrected chi connectivity index (χ3v) is 18.6. The van der Waals surface area contributed by atoms with E-state index in [-0.39, 0.29) is 57.3 Å². The van der Waals surface area contributed by atoms with Crippen molar-refractivity contribution in [2.75, 3.05) is 69.4 Å². The average Bonchev–Trinajstić information content (AvgIpc) is 3.96. The third kappa shape index (κ3) is 17.4. The molecule has 0 aliphatic heterocycles. The minimum Gasteiger partial charge on any atom is -0.497 e. The van der Waals surface area contributed by atoms with Gasteiger partial charge in [-0.1, -0.05) is 72.8 Å². The number of hydrogen-bond acceptors (Lipinski definition) is 21. The summed E-state index contributed by atoms with van der Waals surface area (Å²) < 4.78 is 90.3. The minimum atomic E-state index is -3.93. The summed E-state index contributed by atoms with van der Waals surface area (Å²) in [6.45, 7) is 0.802. The van der Waals surface area contributed by atoms with E-state index < -0.39 is 32.0 Å². The summed E-state index contributed by atoms with van der Waals surface area (Å²) in [5, 5.41) is 16.7. The van der Waals surface area contributed by atoms with Crippen LogP contribution in [0.3, 0.4) is 0 Å². The molecule has 0 saturated heterocycles. The van der Waals surface area contributed by atoms with E-state index in [2.05, 4.69) is 10.1 Å².